The second-order valence-electron chi connectivity index (χ2n) is 6.67. The van der Waals surface area contributed by atoms with Crippen LogP contribution in [0, 0.1) is 5.92 Å². The van der Waals surface area contributed by atoms with Crippen molar-refractivity contribution < 1.29 is 9.53 Å². The van der Waals surface area contributed by atoms with Crippen molar-refractivity contribution >= 4 is 34.9 Å². The van der Waals surface area contributed by atoms with Crippen LogP contribution in [0.15, 0.2) is 38.7 Å². The van der Waals surface area contributed by atoms with Gasteiger partial charge in [-0.3, -0.25) is 4.79 Å². The fourth-order valence-electron chi connectivity index (χ4n) is 2.96. The highest BCUT2D eigenvalue weighted by Gasteiger charge is 2.36. The highest BCUT2D eigenvalue weighted by Crippen LogP contribution is 2.41. The minimum absolute atomic E-state index is 0.230. The Morgan fingerprint density at radius 3 is 2.85 bits per heavy atom. The fourth-order valence-corrected chi connectivity index (χ4v) is 4.62. The quantitative estimate of drug-likeness (QED) is 0.430. The minimum atomic E-state index is -0.485. The van der Waals surface area contributed by atoms with E-state index >= 15 is 0 Å². The molecule has 1 unspecified atom stereocenters. The number of hydrogen-bond acceptors (Lipinski definition) is 7. The summed E-state index contributed by atoms with van der Waals surface area (Å²) < 4.78 is 5.25. The molecule has 3 rings (SSSR count). The summed E-state index contributed by atoms with van der Waals surface area (Å²) in [6.07, 6.45) is 0. The van der Waals surface area contributed by atoms with Crippen molar-refractivity contribution in [3.05, 3.63) is 49.6 Å². The maximum Gasteiger partial charge on any atom is 0.336 e. The van der Waals surface area contributed by atoms with Crippen LogP contribution in [0.5, 0.6) is 0 Å². The van der Waals surface area contributed by atoms with Crippen LogP contribution < -0.4 is 10.9 Å². The van der Waals surface area contributed by atoms with Crippen molar-refractivity contribution in [2.45, 2.75) is 38.8 Å². The van der Waals surface area contributed by atoms with E-state index in [2.05, 4.69) is 29.1 Å². The molecule has 0 radical (unpaired) electrons. The zero-order valence-corrected chi connectivity index (χ0v) is 17.4. The van der Waals surface area contributed by atoms with E-state index in [4.69, 9.17) is 4.74 Å². The number of carbonyl (C=O) groups excluding carboxylic acids is 1. The standard InChI is InChI=1S/C19H23N3O3S2/c1-5-25-18(24)13-11(4)20-16-15(14(13)12-7-6-8-26-12)17(23)22-19(21-16)27-9-10(2)3/h6-8,10,14H,5,9H2,1-4H3,(H2,20,21,22,23). The largest absolute Gasteiger partial charge is 0.463 e. The first-order valence-corrected chi connectivity index (χ1v) is 10.7. The molecule has 8 heteroatoms. The van der Waals surface area contributed by atoms with Gasteiger partial charge in [-0.05, 0) is 31.2 Å². The lowest BCUT2D eigenvalue weighted by Crippen LogP contribution is -2.30. The normalized spacial score (nSPS) is 16.3. The number of allylic oxidation sites excluding steroid dienone is 1. The Morgan fingerprint density at radius 1 is 1.44 bits per heavy atom. The molecule has 3 heterocycles. The van der Waals surface area contributed by atoms with Crippen LogP contribution in [0.3, 0.4) is 0 Å². The second kappa shape index (κ2) is 8.31. The van der Waals surface area contributed by atoms with E-state index in [1.165, 1.54) is 23.1 Å². The molecule has 27 heavy (non-hydrogen) atoms. The molecule has 6 nitrogen and oxygen atoms in total. The van der Waals surface area contributed by atoms with E-state index < -0.39 is 11.9 Å². The van der Waals surface area contributed by atoms with E-state index in [1.807, 2.05) is 24.4 Å². The SMILES string of the molecule is CCOC(=O)C1=C(C)Nc2nc(SCC(C)C)[nH]c(=O)c2C1c1cccs1. The van der Waals surface area contributed by atoms with Gasteiger partial charge in [-0.1, -0.05) is 31.7 Å². The Labute approximate surface area is 166 Å². The Morgan fingerprint density at radius 2 is 2.22 bits per heavy atom. The van der Waals surface area contributed by atoms with E-state index in [1.54, 1.807) is 6.92 Å². The molecular formula is C19H23N3O3S2. The third kappa shape index (κ3) is 4.11. The van der Waals surface area contributed by atoms with Gasteiger partial charge in [0.2, 0.25) is 0 Å². The molecule has 2 aromatic heterocycles. The van der Waals surface area contributed by atoms with Gasteiger partial charge in [0.1, 0.15) is 5.82 Å². The van der Waals surface area contributed by atoms with Crippen molar-refractivity contribution in [1.29, 1.82) is 0 Å². The van der Waals surface area contributed by atoms with Crippen molar-refractivity contribution in [3.8, 4) is 0 Å². The summed E-state index contributed by atoms with van der Waals surface area (Å²) in [6, 6.07) is 3.84. The monoisotopic (exact) mass is 405 g/mol. The van der Waals surface area contributed by atoms with Gasteiger partial charge < -0.3 is 15.0 Å². The summed E-state index contributed by atoms with van der Waals surface area (Å²) in [5.74, 6) is 0.956. The molecule has 144 valence electrons. The number of anilines is 1. The molecule has 0 saturated carbocycles. The van der Waals surface area contributed by atoms with Gasteiger partial charge in [0, 0.05) is 16.3 Å². The van der Waals surface area contributed by atoms with Gasteiger partial charge in [-0.2, -0.15) is 0 Å². The molecule has 0 aliphatic carbocycles. The highest BCUT2D eigenvalue weighted by molar-refractivity contribution is 7.99. The molecule has 1 atom stereocenters. The maximum atomic E-state index is 12.9. The molecule has 0 aromatic carbocycles. The third-order valence-corrected chi connectivity index (χ3v) is 6.33. The number of aromatic nitrogens is 2. The molecule has 1 aliphatic rings. The number of fused-ring (bicyclic) bond motifs is 1. The Bertz CT molecular complexity index is 917. The van der Waals surface area contributed by atoms with Crippen LogP contribution in [0.2, 0.25) is 0 Å². The van der Waals surface area contributed by atoms with Crippen LogP contribution in [0.1, 0.15) is 44.1 Å². The number of esters is 1. The summed E-state index contributed by atoms with van der Waals surface area (Å²) >= 11 is 3.02. The number of carbonyl (C=O) groups is 1. The lowest BCUT2D eigenvalue weighted by molar-refractivity contribution is -0.138. The van der Waals surface area contributed by atoms with Gasteiger partial charge in [0.25, 0.3) is 5.56 Å². The number of ether oxygens (including phenoxy) is 1. The highest BCUT2D eigenvalue weighted by atomic mass is 32.2. The van der Waals surface area contributed by atoms with E-state index in [0.717, 1.165) is 10.6 Å². The lowest BCUT2D eigenvalue weighted by Gasteiger charge is -2.27. The first-order valence-electron chi connectivity index (χ1n) is 8.87. The first kappa shape index (κ1) is 19.7. The average Bonchev–Trinajstić information content (AvgIpc) is 3.13. The van der Waals surface area contributed by atoms with Gasteiger partial charge in [0.05, 0.1) is 23.7 Å². The zero-order valence-electron chi connectivity index (χ0n) is 15.8. The number of aromatic amines is 1. The molecule has 0 amide bonds. The smallest absolute Gasteiger partial charge is 0.336 e. The van der Waals surface area contributed by atoms with Gasteiger partial charge in [-0.15, -0.1) is 11.3 Å². The molecule has 0 saturated heterocycles. The van der Waals surface area contributed by atoms with E-state index in [0.29, 0.717) is 33.7 Å². The van der Waals surface area contributed by atoms with Crippen molar-refractivity contribution in [3.63, 3.8) is 0 Å². The molecular weight excluding hydrogens is 382 g/mol. The number of thioether (sulfide) groups is 1. The molecule has 0 spiro atoms. The number of thiophene rings is 1. The molecule has 0 bridgehead atoms. The van der Waals surface area contributed by atoms with Crippen LogP contribution in [-0.2, 0) is 9.53 Å². The zero-order chi connectivity index (χ0) is 19.6. The van der Waals surface area contributed by atoms with E-state index in [9.17, 15) is 9.59 Å². The number of H-pyrrole nitrogens is 1. The van der Waals surface area contributed by atoms with Crippen molar-refractivity contribution in [2.75, 3.05) is 17.7 Å². The Kier molecular flexibility index (Phi) is 6.06. The van der Waals surface area contributed by atoms with Gasteiger partial charge in [0.15, 0.2) is 5.16 Å². The fraction of sp³-hybridized carbons (Fsp3) is 0.421. The third-order valence-electron chi connectivity index (χ3n) is 4.10. The predicted octanol–water partition coefficient (Wildman–Crippen LogP) is 3.97. The number of nitrogens with zero attached hydrogens (tertiary/aromatic N) is 1. The summed E-state index contributed by atoms with van der Waals surface area (Å²) in [4.78, 5) is 34.0. The molecule has 2 aromatic rings. The number of rotatable bonds is 6. The summed E-state index contributed by atoms with van der Waals surface area (Å²) in [7, 11) is 0. The van der Waals surface area contributed by atoms with E-state index in [-0.39, 0.29) is 12.2 Å². The van der Waals surface area contributed by atoms with Gasteiger partial charge >= 0.3 is 5.97 Å². The summed E-state index contributed by atoms with van der Waals surface area (Å²) in [5.41, 5.74) is 1.35. The molecule has 1 aliphatic heterocycles. The maximum absolute atomic E-state index is 12.9. The second-order valence-corrected chi connectivity index (χ2v) is 8.66. The minimum Gasteiger partial charge on any atom is -0.463 e. The van der Waals surface area contributed by atoms with Crippen LogP contribution in [0.4, 0.5) is 5.82 Å². The molecule has 0 fully saturated rings. The van der Waals surface area contributed by atoms with Gasteiger partial charge in [-0.25, -0.2) is 9.78 Å². The topological polar surface area (TPSA) is 84.1 Å². The van der Waals surface area contributed by atoms with Crippen LogP contribution in [0.25, 0.3) is 0 Å². The predicted molar refractivity (Wildman–Crippen MR) is 110 cm³/mol. The summed E-state index contributed by atoms with van der Waals surface area (Å²) in [6.45, 7) is 8.10. The first-order chi connectivity index (χ1) is 12.9. The number of hydrogen-bond donors (Lipinski definition) is 2. The Balaban J connectivity index is 2.11. The Hall–Kier alpha value is -2.06. The van der Waals surface area contributed by atoms with Crippen LogP contribution in [-0.4, -0.2) is 28.3 Å². The molecule has 2 N–H and O–H groups in total. The van der Waals surface area contributed by atoms with Crippen molar-refractivity contribution in [2.24, 2.45) is 5.92 Å². The van der Waals surface area contributed by atoms with Crippen LogP contribution >= 0.6 is 23.1 Å². The lowest BCUT2D eigenvalue weighted by atomic mass is 9.86. The summed E-state index contributed by atoms with van der Waals surface area (Å²) in [5, 5.41) is 5.66. The van der Waals surface area contributed by atoms with Crippen molar-refractivity contribution in [1.82, 2.24) is 9.97 Å². The average molecular weight is 406 g/mol. The number of nitrogens with one attached hydrogen (secondary N) is 2.